The molecule has 0 fully saturated rings. The quantitative estimate of drug-likeness (QED) is 0.808. The van der Waals surface area contributed by atoms with E-state index < -0.39 is 0 Å². The smallest absolute Gasteiger partial charge is 0.131 e. The predicted octanol–water partition coefficient (Wildman–Crippen LogP) is 2.82. The van der Waals surface area contributed by atoms with Gasteiger partial charge in [0.1, 0.15) is 11.9 Å². The van der Waals surface area contributed by atoms with Crippen LogP contribution in [0.25, 0.3) is 11.1 Å². The number of nitrogens with zero attached hydrogens (tertiary/aromatic N) is 2. The zero-order valence-corrected chi connectivity index (χ0v) is 9.86. The topological polar surface area (TPSA) is 62.7 Å². The molecule has 3 heteroatoms. The molecule has 0 saturated carbocycles. The lowest BCUT2D eigenvalue weighted by Crippen LogP contribution is -2.02. The number of nitrogens with two attached hydrogens (primary N) is 1. The Morgan fingerprint density at radius 1 is 1.18 bits per heavy atom. The summed E-state index contributed by atoms with van der Waals surface area (Å²) in [4.78, 5) is 4.24. The van der Waals surface area contributed by atoms with Crippen LogP contribution in [0.3, 0.4) is 0 Å². The summed E-state index contributed by atoms with van der Waals surface area (Å²) in [5.41, 5.74) is 9.99. The van der Waals surface area contributed by atoms with Crippen LogP contribution in [0.5, 0.6) is 0 Å². The molecule has 0 atom stereocenters. The van der Waals surface area contributed by atoms with Crippen LogP contribution >= 0.6 is 0 Å². The number of rotatable bonds is 1. The highest BCUT2D eigenvalue weighted by Gasteiger charge is 2.13. The van der Waals surface area contributed by atoms with E-state index in [2.05, 4.69) is 11.1 Å². The lowest BCUT2D eigenvalue weighted by molar-refractivity contribution is 1.16. The minimum absolute atomic E-state index is 0.477. The van der Waals surface area contributed by atoms with Crippen LogP contribution in [-0.4, -0.2) is 4.98 Å². The Hall–Kier alpha value is -2.34. The molecule has 0 spiro atoms. The van der Waals surface area contributed by atoms with E-state index in [1.54, 1.807) is 6.92 Å². The molecule has 0 aliphatic heterocycles. The van der Waals surface area contributed by atoms with Crippen LogP contribution in [0.4, 0.5) is 5.82 Å². The fourth-order valence-electron chi connectivity index (χ4n) is 2.01. The molecule has 0 amide bonds. The summed E-state index contributed by atoms with van der Waals surface area (Å²) < 4.78 is 0. The van der Waals surface area contributed by atoms with Gasteiger partial charge in [-0.3, -0.25) is 0 Å². The molecule has 2 aromatic rings. The Morgan fingerprint density at radius 2 is 1.82 bits per heavy atom. The lowest BCUT2D eigenvalue weighted by Gasteiger charge is -2.12. The highest BCUT2D eigenvalue weighted by molar-refractivity contribution is 5.79. The maximum absolute atomic E-state index is 9.13. The molecule has 2 rings (SSSR count). The summed E-state index contributed by atoms with van der Waals surface area (Å²) in [6, 6.07) is 12.0. The van der Waals surface area contributed by atoms with Crippen molar-refractivity contribution in [3.05, 3.63) is 47.2 Å². The first-order valence-corrected chi connectivity index (χ1v) is 5.37. The van der Waals surface area contributed by atoms with E-state index in [9.17, 15) is 0 Å². The summed E-state index contributed by atoms with van der Waals surface area (Å²) in [6.07, 6.45) is 0. The first-order valence-electron chi connectivity index (χ1n) is 5.37. The van der Waals surface area contributed by atoms with Crippen molar-refractivity contribution in [3.63, 3.8) is 0 Å². The van der Waals surface area contributed by atoms with Crippen molar-refractivity contribution in [1.29, 1.82) is 5.26 Å². The molecule has 1 aromatic heterocycles. The van der Waals surface area contributed by atoms with Crippen molar-refractivity contribution < 1.29 is 0 Å². The van der Waals surface area contributed by atoms with Crippen molar-refractivity contribution in [2.75, 3.05) is 5.73 Å². The van der Waals surface area contributed by atoms with Gasteiger partial charge in [-0.2, -0.15) is 5.26 Å². The number of pyridine rings is 1. The van der Waals surface area contributed by atoms with E-state index in [1.807, 2.05) is 37.3 Å². The SMILES string of the molecule is Cc1nc(N)c(-c2ccccc2)c(C)c1C#N. The zero-order chi connectivity index (χ0) is 12.4. The van der Waals surface area contributed by atoms with Gasteiger partial charge in [-0.05, 0) is 25.0 Å². The largest absolute Gasteiger partial charge is 0.383 e. The lowest BCUT2D eigenvalue weighted by atomic mass is 9.97. The van der Waals surface area contributed by atoms with Gasteiger partial charge in [0.25, 0.3) is 0 Å². The fraction of sp³-hybridized carbons (Fsp3) is 0.143. The number of aromatic nitrogens is 1. The molecule has 0 aliphatic carbocycles. The van der Waals surface area contributed by atoms with E-state index in [-0.39, 0.29) is 0 Å². The maximum atomic E-state index is 9.13. The monoisotopic (exact) mass is 223 g/mol. The van der Waals surface area contributed by atoms with E-state index in [1.165, 1.54) is 0 Å². The molecule has 84 valence electrons. The zero-order valence-electron chi connectivity index (χ0n) is 9.86. The second-order valence-electron chi connectivity index (χ2n) is 3.94. The van der Waals surface area contributed by atoms with Gasteiger partial charge in [-0.1, -0.05) is 30.3 Å². The molecule has 0 unspecified atom stereocenters. The second kappa shape index (κ2) is 4.26. The molecule has 2 N–H and O–H groups in total. The summed E-state index contributed by atoms with van der Waals surface area (Å²) in [6.45, 7) is 3.71. The Labute approximate surface area is 101 Å². The maximum Gasteiger partial charge on any atom is 0.131 e. The second-order valence-corrected chi connectivity index (χ2v) is 3.94. The van der Waals surface area contributed by atoms with Crippen LogP contribution in [0.2, 0.25) is 0 Å². The van der Waals surface area contributed by atoms with Crippen molar-refractivity contribution >= 4 is 5.82 Å². The van der Waals surface area contributed by atoms with Crippen LogP contribution in [0.15, 0.2) is 30.3 Å². The van der Waals surface area contributed by atoms with Crippen LogP contribution in [-0.2, 0) is 0 Å². The fourth-order valence-corrected chi connectivity index (χ4v) is 2.01. The highest BCUT2D eigenvalue weighted by atomic mass is 14.8. The van der Waals surface area contributed by atoms with Crippen molar-refractivity contribution in [2.24, 2.45) is 0 Å². The third-order valence-electron chi connectivity index (χ3n) is 2.83. The molecule has 0 bridgehead atoms. The van der Waals surface area contributed by atoms with Gasteiger partial charge in [0.15, 0.2) is 0 Å². The summed E-state index contributed by atoms with van der Waals surface area (Å²) in [5.74, 6) is 0.477. The molecular weight excluding hydrogens is 210 g/mol. The minimum atomic E-state index is 0.477. The molecular formula is C14H13N3. The average molecular weight is 223 g/mol. The first-order chi connectivity index (χ1) is 8.15. The van der Waals surface area contributed by atoms with Gasteiger partial charge in [0, 0.05) is 5.56 Å². The van der Waals surface area contributed by atoms with Gasteiger partial charge >= 0.3 is 0 Å². The highest BCUT2D eigenvalue weighted by Crippen LogP contribution is 2.30. The first kappa shape index (κ1) is 11.2. The van der Waals surface area contributed by atoms with E-state index in [0.29, 0.717) is 17.1 Å². The van der Waals surface area contributed by atoms with E-state index >= 15 is 0 Å². The number of nitrogen functional groups attached to an aromatic ring is 1. The number of anilines is 1. The van der Waals surface area contributed by atoms with Crippen molar-refractivity contribution in [2.45, 2.75) is 13.8 Å². The molecule has 1 aromatic carbocycles. The Morgan fingerprint density at radius 3 is 2.41 bits per heavy atom. The Bertz CT molecular complexity index is 595. The molecule has 0 saturated heterocycles. The van der Waals surface area contributed by atoms with Gasteiger partial charge in [-0.25, -0.2) is 4.98 Å². The van der Waals surface area contributed by atoms with E-state index in [4.69, 9.17) is 11.0 Å². The third-order valence-corrected chi connectivity index (χ3v) is 2.83. The van der Waals surface area contributed by atoms with Gasteiger partial charge in [0.05, 0.1) is 11.3 Å². The third kappa shape index (κ3) is 1.85. The average Bonchev–Trinajstić information content (AvgIpc) is 2.30. The van der Waals surface area contributed by atoms with Crippen molar-refractivity contribution in [3.8, 4) is 17.2 Å². The van der Waals surface area contributed by atoms with Gasteiger partial charge in [0.2, 0.25) is 0 Å². The normalized spacial score (nSPS) is 9.94. The summed E-state index contributed by atoms with van der Waals surface area (Å²) >= 11 is 0. The van der Waals surface area contributed by atoms with Crippen molar-refractivity contribution in [1.82, 2.24) is 4.98 Å². The molecule has 3 nitrogen and oxygen atoms in total. The number of benzene rings is 1. The summed E-state index contributed by atoms with van der Waals surface area (Å²) in [7, 11) is 0. The Balaban J connectivity index is 2.76. The molecule has 0 radical (unpaired) electrons. The van der Waals surface area contributed by atoms with Gasteiger partial charge in [-0.15, -0.1) is 0 Å². The number of hydrogen-bond acceptors (Lipinski definition) is 3. The van der Waals surface area contributed by atoms with Crippen LogP contribution in [0, 0.1) is 25.2 Å². The molecule has 17 heavy (non-hydrogen) atoms. The van der Waals surface area contributed by atoms with Crippen LogP contribution < -0.4 is 5.73 Å². The number of nitriles is 1. The molecule has 1 heterocycles. The number of hydrogen-bond donors (Lipinski definition) is 1. The van der Waals surface area contributed by atoms with Crippen LogP contribution in [0.1, 0.15) is 16.8 Å². The predicted molar refractivity (Wildman–Crippen MR) is 68.3 cm³/mol. The minimum Gasteiger partial charge on any atom is -0.383 e. The summed E-state index contributed by atoms with van der Waals surface area (Å²) in [5, 5.41) is 9.13. The molecule has 0 aliphatic rings. The standard InChI is InChI=1S/C14H13N3/c1-9-12(8-15)10(2)17-14(16)13(9)11-6-4-3-5-7-11/h3-7H,1-2H3,(H2,16,17). The van der Waals surface area contributed by atoms with E-state index in [0.717, 1.165) is 16.7 Å². The Kier molecular flexibility index (Phi) is 2.80. The van der Waals surface area contributed by atoms with Gasteiger partial charge < -0.3 is 5.73 Å². The number of aryl methyl sites for hydroxylation is 1.